The van der Waals surface area contributed by atoms with Gasteiger partial charge in [0.25, 0.3) is 0 Å². The van der Waals surface area contributed by atoms with Gasteiger partial charge in [0, 0.05) is 24.5 Å². The highest BCUT2D eigenvalue weighted by atomic mass is 35.5. The number of pyridine rings is 1. The van der Waals surface area contributed by atoms with E-state index >= 15 is 4.39 Å². The highest BCUT2D eigenvalue weighted by Crippen LogP contribution is 2.44. The van der Waals surface area contributed by atoms with Gasteiger partial charge in [-0.3, -0.25) is 4.79 Å². The van der Waals surface area contributed by atoms with Crippen molar-refractivity contribution in [2.24, 2.45) is 7.05 Å². The third kappa shape index (κ3) is 4.70. The Morgan fingerprint density at radius 2 is 1.93 bits per heavy atom. The number of nitriles is 1. The number of anilines is 2. The van der Waals surface area contributed by atoms with Crippen LogP contribution in [0.25, 0.3) is 33.3 Å². The van der Waals surface area contributed by atoms with Gasteiger partial charge in [-0.25, -0.2) is 14.4 Å². The lowest BCUT2D eigenvalue weighted by molar-refractivity contribution is -0.111. The van der Waals surface area contributed by atoms with Gasteiger partial charge in [-0.05, 0) is 48.4 Å². The zero-order valence-electron chi connectivity index (χ0n) is 21.4. The molecule has 0 spiro atoms. The van der Waals surface area contributed by atoms with Gasteiger partial charge in [-0.15, -0.1) is 0 Å². The van der Waals surface area contributed by atoms with Crippen LogP contribution in [0.5, 0.6) is 11.8 Å². The number of nitrogens with one attached hydrogen (secondary N) is 1. The number of rotatable bonds is 6. The van der Waals surface area contributed by atoms with Crippen LogP contribution in [-0.2, 0) is 11.8 Å². The van der Waals surface area contributed by atoms with Crippen molar-refractivity contribution in [1.82, 2.24) is 19.5 Å². The molecule has 2 aromatic carbocycles. The van der Waals surface area contributed by atoms with Crippen LogP contribution in [0.1, 0.15) is 11.3 Å². The normalized spacial score (nSPS) is 10.8. The lowest BCUT2D eigenvalue weighted by Crippen LogP contribution is -2.06. The predicted molar refractivity (Wildman–Crippen MR) is 151 cm³/mol. The molecule has 3 aromatic heterocycles. The summed E-state index contributed by atoms with van der Waals surface area (Å²) in [6.45, 7) is 5.15. The number of amides is 1. The number of ether oxygens (including phenoxy) is 1. The largest absolute Gasteiger partial charge is 0.421 e. The van der Waals surface area contributed by atoms with Crippen molar-refractivity contribution in [3.05, 3.63) is 89.6 Å². The molecule has 0 bridgehead atoms. The number of aryl methyl sites for hydroxylation is 2. The molecule has 11 heteroatoms. The topological polar surface area (TPSA) is 132 Å². The van der Waals surface area contributed by atoms with Gasteiger partial charge < -0.3 is 20.4 Å². The summed E-state index contributed by atoms with van der Waals surface area (Å²) in [6.07, 6.45) is 3.96. The van der Waals surface area contributed by atoms with Crippen molar-refractivity contribution in [2.75, 3.05) is 11.1 Å². The van der Waals surface area contributed by atoms with Crippen LogP contribution in [-0.4, -0.2) is 25.4 Å². The first-order valence-corrected chi connectivity index (χ1v) is 12.3. The van der Waals surface area contributed by atoms with Crippen LogP contribution in [0.4, 0.5) is 15.9 Å². The number of nitrogens with two attached hydrogens (primary N) is 1. The molecule has 198 valence electrons. The Hall–Kier alpha value is -5.27. The molecule has 3 heterocycles. The summed E-state index contributed by atoms with van der Waals surface area (Å²) < 4.78 is 22.8. The summed E-state index contributed by atoms with van der Waals surface area (Å²) in [7, 11) is 1.79. The van der Waals surface area contributed by atoms with E-state index in [0.717, 1.165) is 5.56 Å². The molecule has 40 heavy (non-hydrogen) atoms. The fourth-order valence-electron chi connectivity index (χ4n) is 4.43. The molecule has 1 amide bonds. The fraction of sp³-hybridized carbons (Fsp3) is 0.0690. The molecule has 0 saturated heterocycles. The smallest absolute Gasteiger partial charge is 0.322 e. The average molecular weight is 554 g/mol. The zero-order chi connectivity index (χ0) is 28.6. The summed E-state index contributed by atoms with van der Waals surface area (Å²) in [5.74, 6) is -0.903. The second-order valence-corrected chi connectivity index (χ2v) is 9.19. The molecule has 0 atom stereocenters. The van der Waals surface area contributed by atoms with Gasteiger partial charge in [0.1, 0.15) is 11.9 Å². The van der Waals surface area contributed by atoms with E-state index in [-0.39, 0.29) is 23.5 Å². The Bertz CT molecular complexity index is 1860. The molecule has 0 radical (unpaired) electrons. The lowest BCUT2D eigenvalue weighted by atomic mass is 9.97. The van der Waals surface area contributed by atoms with E-state index in [4.69, 9.17) is 22.1 Å². The molecule has 0 aliphatic heterocycles. The fourth-order valence-corrected chi connectivity index (χ4v) is 4.52. The molecule has 0 aliphatic rings. The summed E-state index contributed by atoms with van der Waals surface area (Å²) in [6, 6.07) is 13.6. The zero-order valence-corrected chi connectivity index (χ0v) is 22.1. The third-order valence-electron chi connectivity index (χ3n) is 6.29. The van der Waals surface area contributed by atoms with Gasteiger partial charge >= 0.3 is 6.01 Å². The van der Waals surface area contributed by atoms with Gasteiger partial charge in [0.05, 0.1) is 39.1 Å². The van der Waals surface area contributed by atoms with E-state index in [1.807, 2.05) is 4.57 Å². The molecule has 0 aliphatic carbocycles. The second-order valence-electron chi connectivity index (χ2n) is 8.78. The number of aromatic nitrogens is 4. The molecule has 9 nitrogen and oxygen atoms in total. The van der Waals surface area contributed by atoms with Crippen molar-refractivity contribution in [3.8, 4) is 40.2 Å². The van der Waals surface area contributed by atoms with Crippen LogP contribution < -0.4 is 15.8 Å². The summed E-state index contributed by atoms with van der Waals surface area (Å²) in [5.41, 5.74) is 10.7. The Morgan fingerprint density at radius 3 is 2.58 bits per heavy atom. The molecular formula is C29H21ClFN7O2. The van der Waals surface area contributed by atoms with E-state index in [9.17, 15) is 10.1 Å². The maximum atomic E-state index is 15.4. The number of benzene rings is 2. The Kier molecular flexibility index (Phi) is 6.90. The number of halogens is 2. The van der Waals surface area contributed by atoms with Crippen molar-refractivity contribution < 1.29 is 13.9 Å². The van der Waals surface area contributed by atoms with Crippen molar-refractivity contribution in [3.63, 3.8) is 0 Å². The first kappa shape index (κ1) is 26.3. The van der Waals surface area contributed by atoms with Gasteiger partial charge in [-0.1, -0.05) is 36.4 Å². The Balaban J connectivity index is 1.67. The quantitative estimate of drug-likeness (QED) is 0.240. The number of carbonyl (C=O) groups is 1. The number of fused-ring (bicyclic) bond motifs is 1. The number of hydrogen-bond acceptors (Lipinski definition) is 7. The number of nitrogens with zero attached hydrogens (tertiary/aromatic N) is 5. The van der Waals surface area contributed by atoms with Gasteiger partial charge in [-0.2, -0.15) is 10.2 Å². The highest BCUT2D eigenvalue weighted by Gasteiger charge is 2.24. The number of carbonyl (C=O) groups excluding carboxylic acids is 1. The monoisotopic (exact) mass is 553 g/mol. The van der Waals surface area contributed by atoms with Crippen molar-refractivity contribution in [1.29, 1.82) is 5.26 Å². The first-order valence-electron chi connectivity index (χ1n) is 11.9. The van der Waals surface area contributed by atoms with Gasteiger partial charge in [0.2, 0.25) is 5.91 Å². The van der Waals surface area contributed by atoms with E-state index in [1.54, 1.807) is 44.3 Å². The number of hydrogen-bond donors (Lipinski definition) is 2. The molecule has 3 N–H and O–H groups in total. The predicted octanol–water partition coefficient (Wildman–Crippen LogP) is 6.17. The minimum absolute atomic E-state index is 0.0462. The summed E-state index contributed by atoms with van der Waals surface area (Å²) in [5, 5.41) is 13.4. The van der Waals surface area contributed by atoms with Crippen LogP contribution >= 0.6 is 11.6 Å². The molecule has 5 aromatic rings. The van der Waals surface area contributed by atoms with Gasteiger partial charge in [0.15, 0.2) is 11.6 Å². The van der Waals surface area contributed by atoms with Crippen molar-refractivity contribution in [2.45, 2.75) is 6.92 Å². The van der Waals surface area contributed by atoms with E-state index in [2.05, 4.69) is 32.9 Å². The van der Waals surface area contributed by atoms with E-state index in [1.165, 1.54) is 30.6 Å². The summed E-state index contributed by atoms with van der Waals surface area (Å²) in [4.78, 5) is 24.1. The standard InChI is InChI=1S/C29H21ClFN7O2/c1-4-23(39)37-19-8-5-16(6-9-19)26-24(25-27(38(26)3)18(12-32)13-34-28(25)33)17-7-10-22(21(31)11-17)40-29-35-14-20(30)15(2)36-29/h4-11,13-14H,1H2,2-3H3,(H2,33,34)(H,37,39). The molecule has 5 rings (SSSR count). The SMILES string of the molecule is C=CC(=O)Nc1ccc(-c2c(-c3ccc(Oc4ncc(Cl)c(C)n4)c(F)c3)c3c(N)ncc(C#N)c3n2C)cc1. The Morgan fingerprint density at radius 1 is 1.20 bits per heavy atom. The maximum absolute atomic E-state index is 15.4. The minimum Gasteiger partial charge on any atom is -0.421 e. The van der Waals surface area contributed by atoms with Crippen LogP contribution in [0, 0.1) is 24.1 Å². The molecule has 0 fully saturated rings. The first-order chi connectivity index (χ1) is 19.2. The van der Waals surface area contributed by atoms with Crippen LogP contribution in [0.3, 0.4) is 0 Å². The summed E-state index contributed by atoms with van der Waals surface area (Å²) >= 11 is 5.98. The Labute approximate surface area is 233 Å². The molecule has 0 saturated carbocycles. The maximum Gasteiger partial charge on any atom is 0.322 e. The molecule has 0 unspecified atom stereocenters. The van der Waals surface area contributed by atoms with Crippen LogP contribution in [0.15, 0.2) is 67.5 Å². The lowest BCUT2D eigenvalue weighted by Gasteiger charge is -2.12. The second kappa shape index (κ2) is 10.5. The van der Waals surface area contributed by atoms with E-state index in [0.29, 0.717) is 49.7 Å². The minimum atomic E-state index is -0.665. The molecular weight excluding hydrogens is 533 g/mol. The highest BCUT2D eigenvalue weighted by molar-refractivity contribution is 6.31. The van der Waals surface area contributed by atoms with E-state index < -0.39 is 5.82 Å². The number of nitrogen functional groups attached to an aromatic ring is 1. The third-order valence-corrected chi connectivity index (χ3v) is 6.66. The van der Waals surface area contributed by atoms with Crippen molar-refractivity contribution >= 4 is 39.9 Å². The average Bonchev–Trinajstić information content (AvgIpc) is 3.26. The van der Waals surface area contributed by atoms with Crippen LogP contribution in [0.2, 0.25) is 5.02 Å².